The molecule has 0 aliphatic carbocycles. The van der Waals surface area contributed by atoms with Crippen molar-refractivity contribution in [3.63, 3.8) is 0 Å². The predicted octanol–water partition coefficient (Wildman–Crippen LogP) is 5.10. The molecule has 2 N–H and O–H groups in total. The zero-order chi connectivity index (χ0) is 18.8. The van der Waals surface area contributed by atoms with Gasteiger partial charge >= 0.3 is 15.0 Å². The first-order valence-electron chi connectivity index (χ1n) is 8.65. The summed E-state index contributed by atoms with van der Waals surface area (Å²) in [6.45, 7) is 6.35. The molecule has 0 aliphatic rings. The Morgan fingerprint density at radius 1 is 0.833 bits per heavy atom. The molecule has 0 spiro atoms. The van der Waals surface area contributed by atoms with Crippen molar-refractivity contribution in [3.05, 3.63) is 11.8 Å². The van der Waals surface area contributed by atoms with Crippen LogP contribution < -0.4 is 0 Å². The molecular formula is C17H36O6Si. The summed E-state index contributed by atoms with van der Waals surface area (Å²) in [5.74, 6) is 0. The molecule has 0 rings (SSSR count). The van der Waals surface area contributed by atoms with Gasteiger partial charge in [-0.05, 0) is 18.0 Å². The number of rotatable bonds is 14. The Kier molecular flexibility index (Phi) is 17.9. The Hall–Kier alpha value is -0.893. The Morgan fingerprint density at radius 3 is 1.50 bits per heavy atom. The summed E-state index contributed by atoms with van der Waals surface area (Å²) in [6.07, 6.45) is 11.1. The van der Waals surface area contributed by atoms with E-state index in [2.05, 4.69) is 13.5 Å². The van der Waals surface area contributed by atoms with E-state index in [1.807, 2.05) is 0 Å². The van der Waals surface area contributed by atoms with Crippen LogP contribution in [0.4, 0.5) is 4.79 Å². The van der Waals surface area contributed by atoms with Crippen molar-refractivity contribution in [2.24, 2.45) is 0 Å². The largest absolute Gasteiger partial charge is 0.531 e. The molecule has 7 heteroatoms. The van der Waals surface area contributed by atoms with E-state index in [0.717, 1.165) is 18.0 Å². The van der Waals surface area contributed by atoms with Gasteiger partial charge in [-0.15, -0.1) is 0 Å². The SMILES string of the molecule is C=C(CCCCCCCCCCC)[Si](OC)(OC)OC.O=C(O)O. The fraction of sp³-hybridized carbons (Fsp3) is 0.824. The summed E-state index contributed by atoms with van der Waals surface area (Å²) in [5, 5.41) is 14.9. The Bertz CT molecular complexity index is 306. The van der Waals surface area contributed by atoms with Crippen molar-refractivity contribution in [2.75, 3.05) is 21.3 Å². The van der Waals surface area contributed by atoms with Crippen molar-refractivity contribution in [2.45, 2.75) is 71.1 Å². The number of carboxylic acid groups (broad SMARTS) is 2. The first kappa shape index (κ1) is 25.3. The highest BCUT2D eigenvalue weighted by Gasteiger charge is 2.41. The molecule has 0 amide bonds. The molecule has 0 aliphatic heterocycles. The van der Waals surface area contributed by atoms with Crippen molar-refractivity contribution < 1.29 is 28.3 Å². The third-order valence-corrected chi connectivity index (χ3v) is 6.55. The fourth-order valence-electron chi connectivity index (χ4n) is 2.49. The highest BCUT2D eigenvalue weighted by molar-refractivity contribution is 6.68. The number of allylic oxidation sites excluding steroid dienone is 1. The minimum atomic E-state index is -2.61. The molecule has 0 bridgehead atoms. The summed E-state index contributed by atoms with van der Waals surface area (Å²) in [4.78, 5) is 8.56. The summed E-state index contributed by atoms with van der Waals surface area (Å²) >= 11 is 0. The average molecular weight is 365 g/mol. The second-order valence-corrected chi connectivity index (χ2v) is 8.68. The van der Waals surface area contributed by atoms with E-state index in [0.29, 0.717) is 0 Å². The van der Waals surface area contributed by atoms with E-state index in [-0.39, 0.29) is 0 Å². The van der Waals surface area contributed by atoms with Crippen molar-refractivity contribution in [1.82, 2.24) is 0 Å². The normalized spacial score (nSPS) is 10.8. The zero-order valence-electron chi connectivity index (χ0n) is 15.8. The van der Waals surface area contributed by atoms with Gasteiger partial charge in [0.05, 0.1) is 0 Å². The van der Waals surface area contributed by atoms with Crippen LogP contribution in [0.3, 0.4) is 0 Å². The second-order valence-electron chi connectivity index (χ2n) is 5.63. The first-order chi connectivity index (χ1) is 11.4. The number of hydrogen-bond acceptors (Lipinski definition) is 4. The molecule has 144 valence electrons. The molecule has 0 atom stereocenters. The minimum absolute atomic E-state index is 0.942. The standard InChI is InChI=1S/C16H34O3Si.CH2O3/c1-6-7-8-9-10-11-12-13-14-15-16(2)20(17-3,18-4)19-5;2-1(3)4/h2,6-15H2,1,3-5H3;(H2,2,3,4). The second kappa shape index (κ2) is 16.9. The molecule has 0 unspecified atom stereocenters. The van der Waals surface area contributed by atoms with Gasteiger partial charge in [-0.2, -0.15) is 0 Å². The van der Waals surface area contributed by atoms with Gasteiger partial charge in [0.25, 0.3) is 0 Å². The molecule has 6 nitrogen and oxygen atoms in total. The molecule has 0 saturated carbocycles. The lowest BCUT2D eigenvalue weighted by molar-refractivity contribution is 0.133. The van der Waals surface area contributed by atoms with Crippen LogP contribution in [0.25, 0.3) is 0 Å². The van der Waals surface area contributed by atoms with Gasteiger partial charge in [0.15, 0.2) is 0 Å². The van der Waals surface area contributed by atoms with Crippen LogP contribution in [0.1, 0.15) is 71.1 Å². The molecule has 0 aromatic rings. The van der Waals surface area contributed by atoms with Gasteiger partial charge in [0.2, 0.25) is 0 Å². The summed E-state index contributed by atoms with van der Waals surface area (Å²) in [7, 11) is 2.31. The van der Waals surface area contributed by atoms with E-state index in [1.165, 1.54) is 51.4 Å². The predicted molar refractivity (Wildman–Crippen MR) is 98.4 cm³/mol. The molecule has 0 radical (unpaired) electrons. The first-order valence-corrected chi connectivity index (χ1v) is 10.4. The van der Waals surface area contributed by atoms with Crippen LogP contribution in [0.5, 0.6) is 0 Å². The Balaban J connectivity index is 0. The highest BCUT2D eigenvalue weighted by Crippen LogP contribution is 2.22. The maximum Gasteiger partial charge on any atom is 0.531 e. The topological polar surface area (TPSA) is 85.2 Å². The van der Waals surface area contributed by atoms with Crippen molar-refractivity contribution >= 4 is 15.0 Å². The van der Waals surface area contributed by atoms with Crippen molar-refractivity contribution in [1.29, 1.82) is 0 Å². The van der Waals surface area contributed by atoms with Crippen LogP contribution in [-0.4, -0.2) is 46.5 Å². The number of hydrogen-bond donors (Lipinski definition) is 2. The molecular weight excluding hydrogens is 328 g/mol. The van der Waals surface area contributed by atoms with E-state index in [1.54, 1.807) is 21.3 Å². The lowest BCUT2D eigenvalue weighted by Gasteiger charge is -2.26. The maximum atomic E-state index is 8.56. The maximum absolute atomic E-state index is 8.56. The third-order valence-electron chi connectivity index (χ3n) is 3.82. The van der Waals surface area contributed by atoms with E-state index in [4.69, 9.17) is 28.3 Å². The molecule has 0 saturated heterocycles. The molecule has 24 heavy (non-hydrogen) atoms. The van der Waals surface area contributed by atoms with Gasteiger partial charge < -0.3 is 23.5 Å². The van der Waals surface area contributed by atoms with Gasteiger partial charge in [0, 0.05) is 21.3 Å². The number of carbonyl (C=O) groups is 1. The minimum Gasteiger partial charge on any atom is -0.450 e. The molecule has 0 fully saturated rings. The van der Waals surface area contributed by atoms with E-state index >= 15 is 0 Å². The molecule has 0 aromatic carbocycles. The summed E-state index contributed by atoms with van der Waals surface area (Å²) in [6, 6.07) is 0. The summed E-state index contributed by atoms with van der Waals surface area (Å²) < 4.78 is 16.3. The zero-order valence-corrected chi connectivity index (χ0v) is 16.8. The van der Waals surface area contributed by atoms with Crippen LogP contribution >= 0.6 is 0 Å². The average Bonchev–Trinajstić information content (AvgIpc) is 2.55. The number of unbranched alkanes of at least 4 members (excludes halogenated alkanes) is 8. The van der Waals surface area contributed by atoms with Crippen LogP contribution in [0.15, 0.2) is 11.8 Å². The fourth-order valence-corrected chi connectivity index (χ4v) is 4.33. The Morgan fingerprint density at radius 2 is 1.17 bits per heavy atom. The lowest BCUT2D eigenvalue weighted by atomic mass is 10.1. The van der Waals surface area contributed by atoms with Crippen LogP contribution in [0, 0.1) is 0 Å². The highest BCUT2D eigenvalue weighted by atomic mass is 28.4. The van der Waals surface area contributed by atoms with Gasteiger partial charge in [-0.1, -0.05) is 64.9 Å². The van der Waals surface area contributed by atoms with E-state index < -0.39 is 15.0 Å². The van der Waals surface area contributed by atoms with Crippen LogP contribution in [-0.2, 0) is 13.3 Å². The smallest absolute Gasteiger partial charge is 0.450 e. The monoisotopic (exact) mass is 364 g/mol. The quantitative estimate of drug-likeness (QED) is 0.329. The van der Waals surface area contributed by atoms with Gasteiger partial charge in [-0.3, -0.25) is 0 Å². The van der Waals surface area contributed by atoms with Gasteiger partial charge in [-0.25, -0.2) is 4.79 Å². The van der Waals surface area contributed by atoms with Crippen LogP contribution in [0.2, 0.25) is 0 Å². The lowest BCUT2D eigenvalue weighted by Crippen LogP contribution is -2.45. The molecule has 0 aromatic heterocycles. The Labute approximate surface area is 148 Å². The van der Waals surface area contributed by atoms with Gasteiger partial charge in [0.1, 0.15) is 0 Å². The van der Waals surface area contributed by atoms with Crippen molar-refractivity contribution in [3.8, 4) is 0 Å². The third kappa shape index (κ3) is 13.5. The summed E-state index contributed by atoms with van der Waals surface area (Å²) in [5.41, 5.74) is 0. The van der Waals surface area contributed by atoms with E-state index in [9.17, 15) is 0 Å². The molecule has 0 heterocycles.